The van der Waals surface area contributed by atoms with Crippen LogP contribution in [0.4, 0.5) is 0 Å². The van der Waals surface area contributed by atoms with Gasteiger partial charge in [0.15, 0.2) is 0 Å². The minimum Gasteiger partial charge on any atom is -0.493 e. The highest BCUT2D eigenvalue weighted by molar-refractivity contribution is 5.69. The average molecular weight is 423 g/mol. The molecule has 0 N–H and O–H groups in total. The molecule has 0 aliphatic carbocycles. The average Bonchev–Trinajstić information content (AvgIpc) is 2.83. The fourth-order valence-corrected chi connectivity index (χ4v) is 4.22. The molecule has 0 unspecified atom stereocenters. The van der Waals surface area contributed by atoms with Gasteiger partial charge in [0.1, 0.15) is 11.5 Å². The molecule has 0 spiro atoms. The predicted molar refractivity (Wildman–Crippen MR) is 127 cm³/mol. The van der Waals surface area contributed by atoms with Crippen LogP contribution in [0, 0.1) is 0 Å². The Hall–Kier alpha value is -3.85. The third kappa shape index (κ3) is 4.73. The lowest BCUT2D eigenvalue weighted by atomic mass is 9.67. The Kier molecular flexibility index (Phi) is 6.66. The van der Waals surface area contributed by atoms with Crippen LogP contribution < -0.4 is 9.47 Å². The van der Waals surface area contributed by atoms with Gasteiger partial charge in [-0.25, -0.2) is 0 Å². The van der Waals surface area contributed by atoms with E-state index in [1.807, 2.05) is 30.3 Å². The minimum absolute atomic E-state index is 0.349. The molecule has 0 atom stereocenters. The fraction of sp³-hybridized carbons (Fsp3) is 0.138. The number of hydrogen-bond acceptors (Lipinski definition) is 3. The van der Waals surface area contributed by atoms with Gasteiger partial charge in [0.05, 0.1) is 6.61 Å². The standard InChI is InChI=1S/C29H26O3/c1-23(30)32-28-19-11-18-27(22-28)31-21-20-29(24-12-5-2-6-13-24,25-14-7-3-8-15-25)26-16-9-4-10-17-26/h2-19,22H,20-21H2,1H3. The fourth-order valence-electron chi connectivity index (χ4n) is 4.22. The van der Waals surface area contributed by atoms with Crippen LogP contribution in [-0.4, -0.2) is 12.6 Å². The highest BCUT2D eigenvalue weighted by Gasteiger charge is 2.36. The van der Waals surface area contributed by atoms with E-state index in [1.165, 1.54) is 23.6 Å². The van der Waals surface area contributed by atoms with Crippen molar-refractivity contribution in [3.05, 3.63) is 132 Å². The first-order chi connectivity index (χ1) is 15.7. The summed E-state index contributed by atoms with van der Waals surface area (Å²) >= 11 is 0. The van der Waals surface area contributed by atoms with Gasteiger partial charge >= 0.3 is 5.97 Å². The lowest BCUT2D eigenvalue weighted by Gasteiger charge is -2.36. The summed E-state index contributed by atoms with van der Waals surface area (Å²) in [4.78, 5) is 11.3. The van der Waals surface area contributed by atoms with Gasteiger partial charge in [0.2, 0.25) is 0 Å². The van der Waals surface area contributed by atoms with Gasteiger partial charge in [-0.15, -0.1) is 0 Å². The van der Waals surface area contributed by atoms with Gasteiger partial charge in [-0.2, -0.15) is 0 Å². The Balaban J connectivity index is 1.70. The molecular formula is C29H26O3. The minimum atomic E-state index is -0.364. The SMILES string of the molecule is CC(=O)Oc1cccc(OCCC(c2ccccc2)(c2ccccc2)c2ccccc2)c1. The maximum Gasteiger partial charge on any atom is 0.308 e. The first-order valence-electron chi connectivity index (χ1n) is 10.8. The summed E-state index contributed by atoms with van der Waals surface area (Å²) in [6.07, 6.45) is 0.739. The van der Waals surface area contributed by atoms with Crippen LogP contribution in [0.2, 0.25) is 0 Å². The van der Waals surface area contributed by atoms with Crippen molar-refractivity contribution in [2.24, 2.45) is 0 Å². The number of esters is 1. The first-order valence-corrected chi connectivity index (χ1v) is 10.8. The molecule has 0 aliphatic heterocycles. The van der Waals surface area contributed by atoms with Crippen molar-refractivity contribution in [2.45, 2.75) is 18.8 Å². The van der Waals surface area contributed by atoms with E-state index in [0.717, 1.165) is 6.42 Å². The largest absolute Gasteiger partial charge is 0.493 e. The van der Waals surface area contributed by atoms with Crippen molar-refractivity contribution in [3.8, 4) is 11.5 Å². The maximum atomic E-state index is 11.3. The second kappa shape index (κ2) is 9.97. The quantitative estimate of drug-likeness (QED) is 0.187. The smallest absolute Gasteiger partial charge is 0.308 e. The zero-order chi connectivity index (χ0) is 22.2. The third-order valence-electron chi connectivity index (χ3n) is 5.61. The van der Waals surface area contributed by atoms with Gasteiger partial charge in [-0.05, 0) is 35.2 Å². The number of rotatable bonds is 8. The van der Waals surface area contributed by atoms with Crippen LogP contribution in [0.1, 0.15) is 30.0 Å². The van der Waals surface area contributed by atoms with E-state index in [9.17, 15) is 4.79 Å². The number of benzene rings is 4. The molecule has 4 aromatic rings. The summed E-state index contributed by atoms with van der Waals surface area (Å²) in [5.74, 6) is 0.806. The summed E-state index contributed by atoms with van der Waals surface area (Å²) < 4.78 is 11.3. The lowest BCUT2D eigenvalue weighted by molar-refractivity contribution is -0.131. The van der Waals surface area contributed by atoms with E-state index in [-0.39, 0.29) is 11.4 Å². The van der Waals surface area contributed by atoms with Gasteiger partial charge in [0.25, 0.3) is 0 Å². The van der Waals surface area contributed by atoms with E-state index in [1.54, 1.807) is 12.1 Å². The molecule has 0 saturated carbocycles. The van der Waals surface area contributed by atoms with Gasteiger partial charge in [-0.3, -0.25) is 4.79 Å². The predicted octanol–water partition coefficient (Wildman–Crippen LogP) is 6.42. The molecule has 0 fully saturated rings. The first kappa shape index (κ1) is 21.4. The zero-order valence-corrected chi connectivity index (χ0v) is 18.1. The molecule has 0 saturated heterocycles. The Bertz CT molecular complexity index is 1040. The topological polar surface area (TPSA) is 35.5 Å². The summed E-state index contributed by atoms with van der Waals surface area (Å²) in [5.41, 5.74) is 3.29. The number of carbonyl (C=O) groups excluding carboxylic acids is 1. The molecular weight excluding hydrogens is 396 g/mol. The van der Waals surface area contributed by atoms with Crippen LogP contribution >= 0.6 is 0 Å². The molecule has 4 aromatic carbocycles. The van der Waals surface area contributed by atoms with Crippen LogP contribution in [-0.2, 0) is 10.2 Å². The highest BCUT2D eigenvalue weighted by Crippen LogP contribution is 2.42. The van der Waals surface area contributed by atoms with Gasteiger partial charge < -0.3 is 9.47 Å². The Morgan fingerprint density at radius 1 is 0.656 bits per heavy atom. The van der Waals surface area contributed by atoms with Crippen molar-refractivity contribution in [2.75, 3.05) is 6.61 Å². The zero-order valence-electron chi connectivity index (χ0n) is 18.1. The number of ether oxygens (including phenoxy) is 2. The maximum absolute atomic E-state index is 11.3. The Labute approximate surface area is 189 Å². The third-order valence-corrected chi connectivity index (χ3v) is 5.61. The molecule has 160 valence electrons. The van der Waals surface area contributed by atoms with Gasteiger partial charge in [0, 0.05) is 18.4 Å². The Morgan fingerprint density at radius 2 is 1.12 bits per heavy atom. The summed E-state index contributed by atoms with van der Waals surface area (Å²) in [6.45, 7) is 1.88. The summed E-state index contributed by atoms with van der Waals surface area (Å²) in [6, 6.07) is 38.9. The van der Waals surface area contributed by atoms with Crippen LogP contribution in [0.5, 0.6) is 11.5 Å². The van der Waals surface area contributed by atoms with E-state index in [0.29, 0.717) is 18.1 Å². The molecule has 0 bridgehead atoms. The molecule has 0 aromatic heterocycles. The molecule has 3 nitrogen and oxygen atoms in total. The number of hydrogen-bond donors (Lipinski definition) is 0. The van der Waals surface area contributed by atoms with Crippen molar-refractivity contribution >= 4 is 5.97 Å². The number of carbonyl (C=O) groups is 1. The van der Waals surface area contributed by atoms with Crippen LogP contribution in [0.15, 0.2) is 115 Å². The molecule has 32 heavy (non-hydrogen) atoms. The van der Waals surface area contributed by atoms with Gasteiger partial charge in [-0.1, -0.05) is 97.1 Å². The second-order valence-electron chi connectivity index (χ2n) is 7.67. The monoisotopic (exact) mass is 422 g/mol. The Morgan fingerprint density at radius 3 is 1.59 bits per heavy atom. The summed E-state index contributed by atoms with van der Waals surface area (Å²) in [7, 11) is 0. The second-order valence-corrected chi connectivity index (χ2v) is 7.67. The van der Waals surface area contributed by atoms with Crippen molar-refractivity contribution in [1.29, 1.82) is 0 Å². The van der Waals surface area contributed by atoms with Crippen LogP contribution in [0.3, 0.4) is 0 Å². The molecule has 0 aliphatic rings. The van der Waals surface area contributed by atoms with E-state index in [2.05, 4.69) is 72.8 Å². The normalized spacial score (nSPS) is 11.0. The van der Waals surface area contributed by atoms with E-state index in [4.69, 9.17) is 9.47 Å². The van der Waals surface area contributed by atoms with Crippen molar-refractivity contribution < 1.29 is 14.3 Å². The summed E-state index contributed by atoms with van der Waals surface area (Å²) in [5, 5.41) is 0. The molecule has 0 radical (unpaired) electrons. The van der Waals surface area contributed by atoms with E-state index >= 15 is 0 Å². The van der Waals surface area contributed by atoms with Crippen molar-refractivity contribution in [1.82, 2.24) is 0 Å². The lowest BCUT2D eigenvalue weighted by Crippen LogP contribution is -2.31. The molecule has 4 rings (SSSR count). The molecule has 0 heterocycles. The highest BCUT2D eigenvalue weighted by atomic mass is 16.5. The molecule has 3 heteroatoms. The molecule has 0 amide bonds. The van der Waals surface area contributed by atoms with Crippen LogP contribution in [0.25, 0.3) is 0 Å². The van der Waals surface area contributed by atoms with E-state index < -0.39 is 0 Å². The van der Waals surface area contributed by atoms with Crippen molar-refractivity contribution in [3.63, 3.8) is 0 Å².